The Morgan fingerprint density at radius 2 is 2.00 bits per heavy atom. The molecule has 5 rings (SSSR count). The number of rotatable bonds is 8. The van der Waals surface area contributed by atoms with E-state index in [1.807, 2.05) is 24.3 Å². The van der Waals surface area contributed by atoms with Crippen molar-refractivity contribution in [1.29, 1.82) is 0 Å². The number of benzene rings is 2. The molecular weight excluding hydrogens is 518 g/mol. The predicted octanol–water partition coefficient (Wildman–Crippen LogP) is 4.57. The Balaban J connectivity index is 1.64. The van der Waals surface area contributed by atoms with E-state index in [1.165, 1.54) is 11.3 Å². The fourth-order valence-corrected chi connectivity index (χ4v) is 7.21. The van der Waals surface area contributed by atoms with Gasteiger partial charge in [0.15, 0.2) is 0 Å². The van der Waals surface area contributed by atoms with E-state index in [2.05, 4.69) is 9.71 Å². The van der Waals surface area contributed by atoms with Gasteiger partial charge in [0.05, 0.1) is 23.6 Å². The van der Waals surface area contributed by atoms with Crippen molar-refractivity contribution >= 4 is 48.7 Å². The number of fused-ring (bicyclic) bond motifs is 1. The van der Waals surface area contributed by atoms with Crippen molar-refractivity contribution in [2.75, 3.05) is 12.3 Å². The van der Waals surface area contributed by atoms with Crippen LogP contribution in [0.3, 0.4) is 0 Å². The number of aromatic nitrogens is 1. The number of sulfonamides is 1. The lowest BCUT2D eigenvalue weighted by Gasteiger charge is -2.21. The summed E-state index contributed by atoms with van der Waals surface area (Å²) in [6, 6.07) is 15.5. The average Bonchev–Trinajstić information content (AvgIpc) is 3.64. The van der Waals surface area contributed by atoms with Crippen LogP contribution in [0.15, 0.2) is 60.8 Å². The number of halogens is 1. The number of aliphatic hydroxyl groups is 2. The minimum atomic E-state index is -3.54. The zero-order valence-corrected chi connectivity index (χ0v) is 21.9. The predicted molar refractivity (Wildman–Crippen MR) is 144 cm³/mol. The summed E-state index contributed by atoms with van der Waals surface area (Å²) in [5.41, 5.74) is 7.73. The number of thiophene rings is 1. The van der Waals surface area contributed by atoms with E-state index in [0.29, 0.717) is 40.4 Å². The normalized spacial score (nSPS) is 16.7. The lowest BCUT2D eigenvalue weighted by Crippen LogP contribution is -2.31. The van der Waals surface area contributed by atoms with Crippen LogP contribution < -0.4 is 10.5 Å². The maximum atomic E-state index is 13.0. The van der Waals surface area contributed by atoms with Gasteiger partial charge in [0.1, 0.15) is 5.60 Å². The van der Waals surface area contributed by atoms with Gasteiger partial charge in [-0.1, -0.05) is 29.8 Å². The fourth-order valence-electron chi connectivity index (χ4n) is 4.13. The van der Waals surface area contributed by atoms with Crippen molar-refractivity contribution in [3.05, 3.63) is 81.8 Å². The lowest BCUT2D eigenvalue weighted by atomic mass is 9.96. The molecule has 7 nitrogen and oxygen atoms in total. The molecule has 188 valence electrons. The Kier molecular flexibility index (Phi) is 6.57. The van der Waals surface area contributed by atoms with E-state index in [4.69, 9.17) is 17.3 Å². The van der Waals surface area contributed by atoms with Gasteiger partial charge in [0.25, 0.3) is 0 Å². The molecular formula is C26H26ClN3O4S2. The highest BCUT2D eigenvalue weighted by Gasteiger charge is 2.38. The first-order valence-corrected chi connectivity index (χ1v) is 14.2. The number of hydrogen-bond donors (Lipinski definition) is 4. The monoisotopic (exact) mass is 543 g/mol. The molecule has 5 N–H and O–H groups in total. The van der Waals surface area contributed by atoms with Crippen molar-refractivity contribution in [1.82, 2.24) is 9.71 Å². The third-order valence-electron chi connectivity index (χ3n) is 6.39. The minimum Gasteiger partial charge on any atom is -0.399 e. The van der Waals surface area contributed by atoms with Gasteiger partial charge >= 0.3 is 0 Å². The Morgan fingerprint density at radius 3 is 2.72 bits per heavy atom. The molecule has 1 fully saturated rings. The van der Waals surface area contributed by atoms with E-state index in [-0.39, 0.29) is 0 Å². The number of aliphatic hydroxyl groups excluding tert-OH is 1. The number of anilines is 1. The van der Waals surface area contributed by atoms with Crippen molar-refractivity contribution in [3.63, 3.8) is 0 Å². The van der Waals surface area contributed by atoms with Crippen LogP contribution in [-0.4, -0.2) is 35.5 Å². The van der Waals surface area contributed by atoms with Gasteiger partial charge < -0.3 is 15.9 Å². The largest absolute Gasteiger partial charge is 0.399 e. The molecule has 1 aliphatic carbocycles. The molecule has 1 aliphatic rings. The van der Waals surface area contributed by atoms with Crippen molar-refractivity contribution < 1.29 is 18.6 Å². The molecule has 2 aromatic heterocycles. The SMILES string of the molecule is C[C@](O)(CO)c1ccnc(-c2cccc3cc(C(NS(=O)(=O)C4CC4)c4cc(N)ccc4Cl)sc23)c1. The zero-order valence-electron chi connectivity index (χ0n) is 19.5. The molecule has 10 heteroatoms. The molecule has 0 spiro atoms. The Hall–Kier alpha value is -2.53. The van der Waals surface area contributed by atoms with E-state index in [0.717, 1.165) is 20.5 Å². The maximum Gasteiger partial charge on any atom is 0.215 e. The minimum absolute atomic E-state index is 0.393. The third-order valence-corrected chi connectivity index (χ3v) is 9.90. The van der Waals surface area contributed by atoms with Gasteiger partial charge in [-0.15, -0.1) is 11.3 Å². The Morgan fingerprint density at radius 1 is 1.22 bits per heavy atom. The van der Waals surface area contributed by atoms with Crippen LogP contribution in [0.25, 0.3) is 21.3 Å². The second kappa shape index (κ2) is 9.41. The Bertz CT molecular complexity index is 1550. The number of pyridine rings is 1. The average molecular weight is 544 g/mol. The molecule has 1 saturated carbocycles. The first-order chi connectivity index (χ1) is 17.1. The van der Waals surface area contributed by atoms with Gasteiger partial charge in [-0.25, -0.2) is 13.1 Å². The summed E-state index contributed by atoms with van der Waals surface area (Å²) in [6.07, 6.45) is 2.88. The molecule has 2 heterocycles. The van der Waals surface area contributed by atoms with E-state index in [1.54, 1.807) is 43.5 Å². The van der Waals surface area contributed by atoms with Crippen LogP contribution in [0.4, 0.5) is 5.69 Å². The van der Waals surface area contributed by atoms with Gasteiger partial charge in [0.2, 0.25) is 10.0 Å². The molecule has 0 amide bonds. The molecule has 4 aromatic rings. The highest BCUT2D eigenvalue weighted by Crippen LogP contribution is 2.41. The topological polar surface area (TPSA) is 126 Å². The summed E-state index contributed by atoms with van der Waals surface area (Å²) < 4.78 is 29.7. The van der Waals surface area contributed by atoms with Gasteiger partial charge in [0, 0.05) is 32.0 Å². The number of hydrogen-bond acceptors (Lipinski definition) is 7. The van der Waals surface area contributed by atoms with Crippen LogP contribution in [0.2, 0.25) is 5.02 Å². The smallest absolute Gasteiger partial charge is 0.215 e. The number of nitrogen functional groups attached to an aromatic ring is 1. The van der Waals surface area contributed by atoms with Gasteiger partial charge in [-0.05, 0) is 72.7 Å². The Labute approximate surface area is 218 Å². The maximum absolute atomic E-state index is 13.0. The molecule has 0 bridgehead atoms. The van der Waals surface area contributed by atoms with Crippen molar-refractivity contribution in [2.45, 2.75) is 36.7 Å². The summed E-state index contributed by atoms with van der Waals surface area (Å²) in [5, 5.41) is 21.1. The van der Waals surface area contributed by atoms with Gasteiger partial charge in [-0.2, -0.15) is 0 Å². The molecule has 2 atom stereocenters. The van der Waals surface area contributed by atoms with E-state index in [9.17, 15) is 18.6 Å². The highest BCUT2D eigenvalue weighted by molar-refractivity contribution is 7.90. The van der Waals surface area contributed by atoms with Crippen LogP contribution in [-0.2, 0) is 15.6 Å². The standard InChI is InChI=1S/C26H26ClN3O4S2/c1-26(32,14-31)16-9-10-29-22(12-16)19-4-2-3-15-11-23(35-25(15)19)24(30-36(33,34)18-6-7-18)20-13-17(28)5-8-21(20)27/h2-5,8-13,18,24,30-32H,6-7,14,28H2,1H3/t24?,26-/m0/s1. The van der Waals surface area contributed by atoms with Crippen LogP contribution in [0.5, 0.6) is 0 Å². The molecule has 1 unspecified atom stereocenters. The highest BCUT2D eigenvalue weighted by atomic mass is 35.5. The summed E-state index contributed by atoms with van der Waals surface area (Å²) in [5.74, 6) is 0. The summed E-state index contributed by atoms with van der Waals surface area (Å²) in [4.78, 5) is 5.27. The first kappa shape index (κ1) is 25.1. The van der Waals surface area contributed by atoms with Crippen LogP contribution in [0, 0.1) is 0 Å². The second-order valence-electron chi connectivity index (χ2n) is 9.31. The van der Waals surface area contributed by atoms with Gasteiger partial charge in [-0.3, -0.25) is 4.98 Å². The van der Waals surface area contributed by atoms with Crippen molar-refractivity contribution in [2.24, 2.45) is 0 Å². The molecule has 0 aliphatic heterocycles. The van der Waals surface area contributed by atoms with Crippen LogP contribution in [0.1, 0.15) is 41.8 Å². The molecule has 2 aromatic carbocycles. The number of nitrogens with one attached hydrogen (secondary N) is 1. The van der Waals surface area contributed by atoms with Crippen LogP contribution >= 0.6 is 22.9 Å². The van der Waals surface area contributed by atoms with Crippen molar-refractivity contribution in [3.8, 4) is 11.3 Å². The van der Waals surface area contributed by atoms with E-state index < -0.39 is 33.5 Å². The summed E-state index contributed by atoms with van der Waals surface area (Å²) >= 11 is 7.97. The number of nitrogens with two attached hydrogens (primary N) is 1. The summed E-state index contributed by atoms with van der Waals surface area (Å²) in [6.45, 7) is 1.12. The third kappa shape index (κ3) is 4.87. The fraction of sp³-hybridized carbons (Fsp3) is 0.269. The quantitative estimate of drug-likeness (QED) is 0.241. The lowest BCUT2D eigenvalue weighted by molar-refractivity contribution is -0.00230. The zero-order chi connectivity index (χ0) is 25.7. The second-order valence-corrected chi connectivity index (χ2v) is 12.8. The molecule has 36 heavy (non-hydrogen) atoms. The molecule has 0 radical (unpaired) electrons. The number of nitrogens with zero attached hydrogens (tertiary/aromatic N) is 1. The van der Waals surface area contributed by atoms with E-state index >= 15 is 0 Å². The first-order valence-electron chi connectivity index (χ1n) is 11.5. The molecule has 0 saturated heterocycles. The summed E-state index contributed by atoms with van der Waals surface area (Å²) in [7, 11) is -3.54.